The fourth-order valence-electron chi connectivity index (χ4n) is 1.96. The van der Waals surface area contributed by atoms with Crippen molar-refractivity contribution in [2.45, 2.75) is 27.2 Å². The average Bonchev–Trinajstić information content (AvgIpc) is 2.62. The summed E-state index contributed by atoms with van der Waals surface area (Å²) in [5, 5.41) is 4.38. The molecule has 6 heteroatoms. The summed E-state index contributed by atoms with van der Waals surface area (Å²) >= 11 is 0. The molecule has 0 aliphatic carbocycles. The fourth-order valence-corrected chi connectivity index (χ4v) is 1.96. The van der Waals surface area contributed by atoms with Gasteiger partial charge in [-0.05, 0) is 20.3 Å². The highest BCUT2D eigenvalue weighted by atomic mass is 15.3. The van der Waals surface area contributed by atoms with Crippen molar-refractivity contribution in [3.8, 4) is 11.4 Å². The van der Waals surface area contributed by atoms with Crippen LogP contribution in [0, 0.1) is 13.8 Å². The molecule has 0 radical (unpaired) electrons. The summed E-state index contributed by atoms with van der Waals surface area (Å²) in [5.74, 6) is 6.74. The van der Waals surface area contributed by atoms with Crippen LogP contribution in [0.3, 0.4) is 0 Å². The number of aromatic nitrogens is 4. The minimum atomic E-state index is 0.625. The highest BCUT2D eigenvalue weighted by Gasteiger charge is 2.15. The molecule has 6 nitrogen and oxygen atoms in total. The number of anilines is 1. The van der Waals surface area contributed by atoms with Crippen LogP contribution in [0.1, 0.15) is 24.0 Å². The van der Waals surface area contributed by atoms with Crippen molar-refractivity contribution in [3.63, 3.8) is 0 Å². The number of aryl methyl sites for hydroxylation is 3. The molecule has 2 aromatic rings. The lowest BCUT2D eigenvalue weighted by atomic mass is 10.1. The molecule has 18 heavy (non-hydrogen) atoms. The number of hydrogen-bond acceptors (Lipinski definition) is 5. The Morgan fingerprint density at radius 1 is 1.33 bits per heavy atom. The van der Waals surface area contributed by atoms with Crippen LogP contribution in [0.25, 0.3) is 11.4 Å². The van der Waals surface area contributed by atoms with Gasteiger partial charge in [0.15, 0.2) is 5.82 Å². The lowest BCUT2D eigenvalue weighted by molar-refractivity contribution is 0.731. The smallest absolute Gasteiger partial charge is 0.165 e. The third-order valence-electron chi connectivity index (χ3n) is 3.02. The van der Waals surface area contributed by atoms with Crippen LogP contribution in [0.2, 0.25) is 0 Å². The van der Waals surface area contributed by atoms with E-state index in [0.29, 0.717) is 11.6 Å². The number of nitrogens with zero attached hydrogens (tertiary/aromatic N) is 4. The minimum absolute atomic E-state index is 0.625. The second-order valence-corrected chi connectivity index (χ2v) is 4.24. The Bertz CT molecular complexity index is 550. The van der Waals surface area contributed by atoms with Crippen molar-refractivity contribution in [2.24, 2.45) is 12.9 Å². The van der Waals surface area contributed by atoms with Crippen LogP contribution in [-0.4, -0.2) is 19.7 Å². The maximum atomic E-state index is 5.44. The summed E-state index contributed by atoms with van der Waals surface area (Å²) in [7, 11) is 1.91. The quantitative estimate of drug-likeness (QED) is 0.631. The summed E-state index contributed by atoms with van der Waals surface area (Å²) in [6.07, 6.45) is 0.836. The first-order valence-corrected chi connectivity index (χ1v) is 5.92. The standard InChI is InChI=1S/C12H18N6/c1-5-9-6-10(16-13)15-12(14-9)11-7(2)17-18(4)8(11)3/h6H,5,13H2,1-4H3,(H,14,15,16). The molecule has 0 bridgehead atoms. The Morgan fingerprint density at radius 3 is 2.56 bits per heavy atom. The Hall–Kier alpha value is -1.95. The maximum absolute atomic E-state index is 5.44. The van der Waals surface area contributed by atoms with Gasteiger partial charge in [0.2, 0.25) is 0 Å². The molecule has 0 fully saturated rings. The molecule has 0 aliphatic rings. The van der Waals surface area contributed by atoms with Crippen molar-refractivity contribution < 1.29 is 0 Å². The van der Waals surface area contributed by atoms with Crippen molar-refractivity contribution >= 4 is 5.82 Å². The van der Waals surface area contributed by atoms with E-state index in [4.69, 9.17) is 5.84 Å². The summed E-state index contributed by atoms with van der Waals surface area (Å²) in [4.78, 5) is 8.95. The predicted molar refractivity (Wildman–Crippen MR) is 70.9 cm³/mol. The van der Waals surface area contributed by atoms with Crippen LogP contribution in [-0.2, 0) is 13.5 Å². The molecular weight excluding hydrogens is 228 g/mol. The topological polar surface area (TPSA) is 81.6 Å². The Kier molecular flexibility index (Phi) is 3.29. The van der Waals surface area contributed by atoms with Gasteiger partial charge in [-0.15, -0.1) is 0 Å². The van der Waals surface area contributed by atoms with E-state index < -0.39 is 0 Å². The Labute approximate surface area is 106 Å². The first-order chi connectivity index (χ1) is 8.56. The number of rotatable bonds is 3. The molecule has 2 heterocycles. The number of hydrazine groups is 1. The molecule has 3 N–H and O–H groups in total. The van der Waals surface area contributed by atoms with Crippen molar-refractivity contribution in [3.05, 3.63) is 23.1 Å². The lowest BCUT2D eigenvalue weighted by Gasteiger charge is -2.07. The summed E-state index contributed by atoms with van der Waals surface area (Å²) in [6.45, 7) is 6.02. The van der Waals surface area contributed by atoms with Crippen molar-refractivity contribution in [1.82, 2.24) is 19.7 Å². The molecule has 0 unspecified atom stereocenters. The van der Waals surface area contributed by atoms with Crippen molar-refractivity contribution in [2.75, 3.05) is 5.43 Å². The summed E-state index contributed by atoms with van der Waals surface area (Å²) in [6, 6.07) is 1.85. The highest BCUT2D eigenvalue weighted by molar-refractivity contribution is 5.63. The van der Waals surface area contributed by atoms with E-state index >= 15 is 0 Å². The molecule has 0 atom stereocenters. The van der Waals surface area contributed by atoms with E-state index in [-0.39, 0.29) is 0 Å². The molecule has 0 spiro atoms. The minimum Gasteiger partial charge on any atom is -0.308 e. The first-order valence-electron chi connectivity index (χ1n) is 5.92. The van der Waals surface area contributed by atoms with E-state index in [1.165, 1.54) is 0 Å². The van der Waals surface area contributed by atoms with E-state index in [1.807, 2.05) is 31.6 Å². The molecule has 0 saturated carbocycles. The normalized spacial score (nSPS) is 10.7. The number of hydrogen-bond donors (Lipinski definition) is 2. The number of nitrogens with two attached hydrogens (primary N) is 1. The second-order valence-electron chi connectivity index (χ2n) is 4.24. The molecular formula is C12H18N6. The van der Waals surface area contributed by atoms with E-state index in [2.05, 4.69) is 27.4 Å². The van der Waals surface area contributed by atoms with Gasteiger partial charge in [0.25, 0.3) is 0 Å². The van der Waals surface area contributed by atoms with Crippen molar-refractivity contribution in [1.29, 1.82) is 0 Å². The zero-order chi connectivity index (χ0) is 13.3. The molecule has 2 aromatic heterocycles. The maximum Gasteiger partial charge on any atom is 0.165 e. The van der Waals surface area contributed by atoms with Gasteiger partial charge in [0.1, 0.15) is 5.82 Å². The monoisotopic (exact) mass is 246 g/mol. The molecule has 0 aromatic carbocycles. The van der Waals surface area contributed by atoms with E-state index in [0.717, 1.165) is 29.1 Å². The van der Waals surface area contributed by atoms with Crippen LogP contribution < -0.4 is 11.3 Å². The van der Waals surface area contributed by atoms with Gasteiger partial charge in [-0.3, -0.25) is 4.68 Å². The fraction of sp³-hybridized carbons (Fsp3) is 0.417. The second kappa shape index (κ2) is 4.73. The lowest BCUT2D eigenvalue weighted by Crippen LogP contribution is -2.10. The van der Waals surface area contributed by atoms with Gasteiger partial charge in [-0.25, -0.2) is 15.8 Å². The Morgan fingerprint density at radius 2 is 2.06 bits per heavy atom. The number of nitrogen functional groups attached to an aromatic ring is 1. The first kappa shape index (κ1) is 12.5. The molecule has 2 rings (SSSR count). The van der Waals surface area contributed by atoms with Crippen LogP contribution in [0.4, 0.5) is 5.82 Å². The number of nitrogens with one attached hydrogen (secondary N) is 1. The predicted octanol–water partition coefficient (Wildman–Crippen LogP) is 1.34. The van der Waals surface area contributed by atoms with E-state index in [9.17, 15) is 0 Å². The summed E-state index contributed by atoms with van der Waals surface area (Å²) < 4.78 is 1.84. The largest absolute Gasteiger partial charge is 0.308 e. The third kappa shape index (κ3) is 2.06. The van der Waals surface area contributed by atoms with Gasteiger partial charge >= 0.3 is 0 Å². The van der Waals surface area contributed by atoms with E-state index in [1.54, 1.807) is 0 Å². The summed E-state index contributed by atoms with van der Waals surface area (Å²) in [5.41, 5.74) is 6.48. The van der Waals surface area contributed by atoms with Gasteiger partial charge in [0.05, 0.1) is 11.3 Å². The van der Waals surface area contributed by atoms with Crippen LogP contribution in [0.5, 0.6) is 0 Å². The molecule has 96 valence electrons. The molecule has 0 saturated heterocycles. The SMILES string of the molecule is CCc1cc(NN)nc(-c2c(C)nn(C)c2C)n1. The molecule has 0 aliphatic heterocycles. The van der Waals surface area contributed by atoms with Gasteiger partial charge in [-0.2, -0.15) is 5.10 Å². The third-order valence-corrected chi connectivity index (χ3v) is 3.02. The zero-order valence-corrected chi connectivity index (χ0v) is 11.2. The Balaban J connectivity index is 2.62. The van der Waals surface area contributed by atoms with Gasteiger partial charge in [-0.1, -0.05) is 6.92 Å². The highest BCUT2D eigenvalue weighted by Crippen LogP contribution is 2.24. The average molecular weight is 246 g/mol. The van der Waals surface area contributed by atoms with Gasteiger partial charge < -0.3 is 5.43 Å². The van der Waals surface area contributed by atoms with Crippen LogP contribution in [0.15, 0.2) is 6.07 Å². The van der Waals surface area contributed by atoms with Gasteiger partial charge in [0, 0.05) is 24.5 Å². The molecule has 0 amide bonds. The van der Waals surface area contributed by atoms with Crippen LogP contribution >= 0.6 is 0 Å². The zero-order valence-electron chi connectivity index (χ0n) is 11.2.